The molecule has 4 heteroatoms. The van der Waals surface area contributed by atoms with E-state index in [1.165, 1.54) is 6.42 Å². The number of benzene rings is 1. The summed E-state index contributed by atoms with van der Waals surface area (Å²) < 4.78 is 0. The number of nitrogens with two attached hydrogens (primary N) is 1. The fraction of sp³-hybridized carbons (Fsp3) is 0.529. The van der Waals surface area contributed by atoms with Gasteiger partial charge in [0.25, 0.3) is 0 Å². The minimum absolute atomic E-state index is 0.342. The quantitative estimate of drug-likeness (QED) is 0.444. The van der Waals surface area contributed by atoms with Crippen molar-refractivity contribution < 1.29 is 10.2 Å². The molecule has 3 nitrogen and oxygen atoms in total. The lowest BCUT2D eigenvalue weighted by atomic mass is 9.86. The predicted octanol–water partition coefficient (Wildman–Crippen LogP) is 2.82. The number of aliphatic hydroxyl groups is 2. The van der Waals surface area contributed by atoms with E-state index in [4.69, 9.17) is 5.73 Å². The number of rotatable bonds is 5. The van der Waals surface area contributed by atoms with Crippen molar-refractivity contribution in [3.63, 3.8) is 0 Å². The van der Waals surface area contributed by atoms with Crippen molar-refractivity contribution in [2.45, 2.75) is 55.1 Å². The van der Waals surface area contributed by atoms with Crippen LogP contribution in [0.3, 0.4) is 0 Å². The Hall–Kier alpha value is -1.15. The van der Waals surface area contributed by atoms with Gasteiger partial charge in [-0.1, -0.05) is 37.3 Å². The lowest BCUT2D eigenvalue weighted by molar-refractivity contribution is 0.0273. The monoisotopic (exact) mass is 305 g/mol. The number of hydrogen-bond acceptors (Lipinski definition) is 4. The fourth-order valence-corrected chi connectivity index (χ4v) is 3.78. The van der Waals surface area contributed by atoms with Crippen LogP contribution >= 0.6 is 11.8 Å². The van der Waals surface area contributed by atoms with Crippen LogP contribution < -0.4 is 5.73 Å². The molecule has 1 aromatic rings. The summed E-state index contributed by atoms with van der Waals surface area (Å²) in [5, 5.41) is 20.6. The largest absolute Gasteiger partial charge is 0.389 e. The third kappa shape index (κ3) is 4.96. The lowest BCUT2D eigenvalue weighted by Gasteiger charge is -2.31. The smallest absolute Gasteiger partial charge is 0.0900 e. The zero-order valence-electron chi connectivity index (χ0n) is 12.2. The van der Waals surface area contributed by atoms with E-state index in [2.05, 4.69) is 12.0 Å². The first-order valence-corrected chi connectivity index (χ1v) is 8.43. The molecule has 0 radical (unpaired) electrons. The second-order valence-electron chi connectivity index (χ2n) is 5.69. The van der Waals surface area contributed by atoms with Gasteiger partial charge in [-0.05, 0) is 30.5 Å². The molecule has 1 saturated carbocycles. The summed E-state index contributed by atoms with van der Waals surface area (Å²) in [7, 11) is 0. The third-order valence-electron chi connectivity index (χ3n) is 3.93. The molecule has 1 atom stereocenters. The van der Waals surface area contributed by atoms with E-state index in [0.717, 1.165) is 41.9 Å². The Kier molecular flexibility index (Phi) is 5.98. The van der Waals surface area contributed by atoms with Crippen LogP contribution in [0.5, 0.6) is 0 Å². The lowest BCUT2D eigenvalue weighted by Crippen LogP contribution is -2.33. The molecule has 4 N–H and O–H groups in total. The van der Waals surface area contributed by atoms with E-state index >= 15 is 0 Å². The Bertz CT molecular complexity index is 515. The van der Waals surface area contributed by atoms with Gasteiger partial charge >= 0.3 is 0 Å². The maximum Gasteiger partial charge on any atom is 0.0900 e. The first-order chi connectivity index (χ1) is 10.1. The summed E-state index contributed by atoms with van der Waals surface area (Å²) in [6, 6.07) is 10.1. The molecule has 0 aromatic heterocycles. The third-order valence-corrected chi connectivity index (χ3v) is 5.20. The zero-order valence-corrected chi connectivity index (χ0v) is 13.0. The van der Waals surface area contributed by atoms with E-state index in [9.17, 15) is 10.2 Å². The summed E-state index contributed by atoms with van der Waals surface area (Å²) in [4.78, 5) is 1.08. The van der Waals surface area contributed by atoms with Gasteiger partial charge in [0.05, 0.1) is 11.7 Å². The van der Waals surface area contributed by atoms with E-state index in [-0.39, 0.29) is 0 Å². The average Bonchev–Trinajstić information content (AvgIpc) is 2.52. The highest BCUT2D eigenvalue weighted by Crippen LogP contribution is 2.34. The molecule has 1 aliphatic carbocycles. The van der Waals surface area contributed by atoms with Crippen molar-refractivity contribution in [2.75, 3.05) is 5.75 Å². The molecule has 0 heterocycles. The second kappa shape index (κ2) is 7.74. The van der Waals surface area contributed by atoms with Crippen molar-refractivity contribution in [1.82, 2.24) is 0 Å². The highest BCUT2D eigenvalue weighted by atomic mass is 32.2. The zero-order chi connectivity index (χ0) is 15.1. The molecule has 0 spiro atoms. The van der Waals surface area contributed by atoms with Gasteiger partial charge in [0.2, 0.25) is 0 Å². The number of hydrogen-bond donors (Lipinski definition) is 3. The van der Waals surface area contributed by atoms with Gasteiger partial charge in [0.15, 0.2) is 0 Å². The molecule has 0 amide bonds. The Morgan fingerprint density at radius 2 is 2.05 bits per heavy atom. The maximum atomic E-state index is 10.5. The molecular weight excluding hydrogens is 282 g/mol. The van der Waals surface area contributed by atoms with Crippen LogP contribution in [0.4, 0.5) is 0 Å². The van der Waals surface area contributed by atoms with Crippen molar-refractivity contribution in [3.8, 4) is 12.0 Å². The Morgan fingerprint density at radius 3 is 2.76 bits per heavy atom. The molecule has 1 aromatic carbocycles. The maximum absolute atomic E-state index is 10.5. The van der Waals surface area contributed by atoms with Gasteiger partial charge in [-0.15, -0.1) is 11.8 Å². The van der Waals surface area contributed by atoms with Crippen molar-refractivity contribution in [2.24, 2.45) is 5.73 Å². The molecule has 1 unspecified atom stereocenters. The fourth-order valence-electron chi connectivity index (χ4n) is 2.66. The summed E-state index contributed by atoms with van der Waals surface area (Å²) in [6.07, 6.45) is 4.99. The van der Waals surface area contributed by atoms with E-state index in [1.807, 2.05) is 24.3 Å². The molecular formula is C17H23NO2S. The summed E-state index contributed by atoms with van der Waals surface area (Å²) >= 11 is 1.66. The molecule has 1 aliphatic rings. The topological polar surface area (TPSA) is 66.5 Å². The molecule has 0 saturated heterocycles. The first-order valence-electron chi connectivity index (χ1n) is 7.45. The molecule has 21 heavy (non-hydrogen) atoms. The molecule has 2 rings (SSSR count). The normalized spacial score (nSPS) is 18.6. The van der Waals surface area contributed by atoms with Crippen LogP contribution in [-0.4, -0.2) is 21.6 Å². The van der Waals surface area contributed by atoms with Crippen molar-refractivity contribution in [3.05, 3.63) is 29.8 Å². The van der Waals surface area contributed by atoms with Crippen LogP contribution in [0.25, 0.3) is 0 Å². The summed E-state index contributed by atoms with van der Waals surface area (Å²) in [5.74, 6) is 3.40. The van der Waals surface area contributed by atoms with Crippen molar-refractivity contribution in [1.29, 1.82) is 0 Å². The molecule has 0 aliphatic heterocycles. The molecule has 114 valence electrons. The Labute approximate surface area is 130 Å². The van der Waals surface area contributed by atoms with Crippen LogP contribution in [0.15, 0.2) is 29.2 Å². The van der Waals surface area contributed by atoms with E-state index < -0.39 is 11.7 Å². The standard InChI is InChI=1S/C17H23NO2S/c18-11-5-8-16(19)14-6-4-7-15(12-14)21-13-17(20)9-2-1-3-10-17/h4,6-7,12,16,19-20H,1-3,8-10,13,18H2. The van der Waals surface area contributed by atoms with Gasteiger partial charge in [-0.25, -0.2) is 0 Å². The van der Waals surface area contributed by atoms with Crippen LogP contribution in [0.2, 0.25) is 0 Å². The van der Waals surface area contributed by atoms with Gasteiger partial charge in [0, 0.05) is 23.1 Å². The van der Waals surface area contributed by atoms with Crippen molar-refractivity contribution >= 4 is 11.8 Å². The second-order valence-corrected chi connectivity index (χ2v) is 6.74. The first kappa shape index (κ1) is 16.2. The minimum Gasteiger partial charge on any atom is -0.389 e. The van der Waals surface area contributed by atoms with Crippen LogP contribution in [-0.2, 0) is 0 Å². The number of aliphatic hydroxyl groups excluding tert-OH is 1. The Morgan fingerprint density at radius 1 is 1.29 bits per heavy atom. The SMILES string of the molecule is NC#CCC(O)c1cccc(SCC2(O)CCCCC2)c1. The summed E-state index contributed by atoms with van der Waals surface area (Å²) in [5.41, 5.74) is 5.45. The number of thioether (sulfide) groups is 1. The van der Waals surface area contributed by atoms with Crippen LogP contribution in [0, 0.1) is 12.0 Å². The highest BCUT2D eigenvalue weighted by Gasteiger charge is 2.29. The highest BCUT2D eigenvalue weighted by molar-refractivity contribution is 7.99. The van der Waals surface area contributed by atoms with E-state index in [1.54, 1.807) is 11.8 Å². The average molecular weight is 305 g/mol. The van der Waals surface area contributed by atoms with Gasteiger partial charge < -0.3 is 15.9 Å². The Balaban J connectivity index is 1.95. The predicted molar refractivity (Wildman–Crippen MR) is 86.7 cm³/mol. The van der Waals surface area contributed by atoms with Gasteiger partial charge in [-0.2, -0.15) is 0 Å². The van der Waals surface area contributed by atoms with Crippen LogP contribution in [0.1, 0.15) is 50.2 Å². The molecule has 1 fully saturated rings. The van der Waals surface area contributed by atoms with Gasteiger partial charge in [0.1, 0.15) is 0 Å². The molecule has 0 bridgehead atoms. The van der Waals surface area contributed by atoms with E-state index in [0.29, 0.717) is 6.42 Å². The minimum atomic E-state index is -0.612. The summed E-state index contributed by atoms with van der Waals surface area (Å²) in [6.45, 7) is 0. The van der Waals surface area contributed by atoms with Gasteiger partial charge in [-0.3, -0.25) is 0 Å².